The van der Waals surface area contributed by atoms with E-state index in [4.69, 9.17) is 4.74 Å². The maximum absolute atomic E-state index is 5.39. The van der Waals surface area contributed by atoms with Gasteiger partial charge in [0.25, 0.3) is 0 Å². The number of nitrogens with zero attached hydrogens (tertiary/aromatic N) is 2. The maximum atomic E-state index is 5.39. The van der Waals surface area contributed by atoms with Crippen LogP contribution < -0.4 is 15.4 Å². The lowest BCUT2D eigenvalue weighted by molar-refractivity contribution is 0.414. The third-order valence-corrected chi connectivity index (χ3v) is 3.05. The normalized spacial score (nSPS) is 15.9. The molecule has 5 heteroatoms. The van der Waals surface area contributed by atoms with E-state index in [0.717, 1.165) is 18.2 Å². The zero-order valence-electron chi connectivity index (χ0n) is 10.5. The van der Waals surface area contributed by atoms with Gasteiger partial charge in [0.2, 0.25) is 5.75 Å². The molecule has 0 unspecified atom stereocenters. The molecule has 1 aliphatic rings. The molecule has 1 fully saturated rings. The van der Waals surface area contributed by atoms with E-state index in [1.165, 1.54) is 25.7 Å². The number of hydrogen-bond donors (Lipinski definition) is 2. The van der Waals surface area contributed by atoms with E-state index < -0.39 is 0 Å². The predicted octanol–water partition coefficient (Wildman–Crippen LogP) is 2.27. The van der Waals surface area contributed by atoms with Crippen molar-refractivity contribution in [3.05, 3.63) is 6.33 Å². The Morgan fingerprint density at radius 1 is 1.29 bits per heavy atom. The molecule has 0 spiro atoms. The molecule has 0 atom stereocenters. The number of nitrogens with one attached hydrogen (secondary N) is 2. The molecule has 2 N–H and O–H groups in total. The second kappa shape index (κ2) is 5.70. The molecule has 94 valence electrons. The molecule has 1 heterocycles. The van der Waals surface area contributed by atoms with Gasteiger partial charge in [-0.05, 0) is 19.8 Å². The zero-order valence-corrected chi connectivity index (χ0v) is 10.5. The summed E-state index contributed by atoms with van der Waals surface area (Å²) in [6.07, 6.45) is 6.58. The fourth-order valence-corrected chi connectivity index (χ4v) is 2.23. The Balaban J connectivity index is 2.16. The van der Waals surface area contributed by atoms with Crippen LogP contribution in [0.1, 0.15) is 32.6 Å². The molecular formula is C12H20N4O. The van der Waals surface area contributed by atoms with Crippen molar-refractivity contribution in [1.29, 1.82) is 0 Å². The highest BCUT2D eigenvalue weighted by atomic mass is 16.5. The fourth-order valence-electron chi connectivity index (χ4n) is 2.23. The van der Waals surface area contributed by atoms with E-state index in [-0.39, 0.29) is 0 Å². The molecule has 2 rings (SSSR count). The predicted molar refractivity (Wildman–Crippen MR) is 68.6 cm³/mol. The average Bonchev–Trinajstić information content (AvgIpc) is 2.83. The Bertz CT molecular complexity index is 364. The van der Waals surface area contributed by atoms with Gasteiger partial charge in [-0.25, -0.2) is 9.97 Å². The minimum absolute atomic E-state index is 0.522. The summed E-state index contributed by atoms with van der Waals surface area (Å²) in [6.45, 7) is 2.85. The van der Waals surface area contributed by atoms with E-state index in [0.29, 0.717) is 11.8 Å². The largest absolute Gasteiger partial charge is 0.490 e. The lowest BCUT2D eigenvalue weighted by Gasteiger charge is -2.17. The highest BCUT2D eigenvalue weighted by Crippen LogP contribution is 2.31. The summed E-state index contributed by atoms with van der Waals surface area (Å²) in [5.74, 6) is 2.26. The van der Waals surface area contributed by atoms with E-state index in [1.807, 2.05) is 6.92 Å². The number of anilines is 2. The molecule has 1 aliphatic carbocycles. The van der Waals surface area contributed by atoms with Crippen LogP contribution in [0.15, 0.2) is 6.33 Å². The van der Waals surface area contributed by atoms with E-state index in [1.54, 1.807) is 13.4 Å². The van der Waals surface area contributed by atoms with Gasteiger partial charge in [-0.3, -0.25) is 0 Å². The second-order valence-corrected chi connectivity index (χ2v) is 4.26. The topological polar surface area (TPSA) is 59.1 Å². The van der Waals surface area contributed by atoms with Crippen molar-refractivity contribution in [1.82, 2.24) is 9.97 Å². The van der Waals surface area contributed by atoms with E-state index in [9.17, 15) is 0 Å². The van der Waals surface area contributed by atoms with Crippen LogP contribution in [0.2, 0.25) is 0 Å². The molecule has 17 heavy (non-hydrogen) atoms. The Labute approximate surface area is 102 Å². The lowest BCUT2D eigenvalue weighted by atomic mass is 10.2. The summed E-state index contributed by atoms with van der Waals surface area (Å²) in [5, 5.41) is 6.62. The van der Waals surface area contributed by atoms with Crippen molar-refractivity contribution in [3.8, 4) is 5.75 Å². The number of aromatic nitrogens is 2. The molecular weight excluding hydrogens is 216 g/mol. The standard InChI is InChI=1S/C12H20N4O/c1-3-13-11-10(17-2)12(15-8-14-11)16-9-6-4-5-7-9/h8-9H,3-7H2,1-2H3,(H2,13,14,15,16). The third-order valence-electron chi connectivity index (χ3n) is 3.05. The van der Waals surface area contributed by atoms with Gasteiger partial charge >= 0.3 is 0 Å². The van der Waals surface area contributed by atoms with Crippen molar-refractivity contribution in [2.24, 2.45) is 0 Å². The summed E-state index contributed by atoms with van der Waals surface area (Å²) in [7, 11) is 1.65. The molecule has 0 bridgehead atoms. The van der Waals surface area contributed by atoms with Crippen LogP contribution in [-0.4, -0.2) is 29.7 Å². The molecule has 0 saturated heterocycles. The molecule has 1 saturated carbocycles. The SMILES string of the molecule is CCNc1ncnc(NC2CCCC2)c1OC. The molecule has 0 amide bonds. The van der Waals surface area contributed by atoms with Gasteiger partial charge in [-0.2, -0.15) is 0 Å². The molecule has 1 aromatic rings. The first-order valence-electron chi connectivity index (χ1n) is 6.24. The molecule has 0 aliphatic heterocycles. The van der Waals surface area contributed by atoms with Crippen molar-refractivity contribution >= 4 is 11.6 Å². The van der Waals surface area contributed by atoms with Crippen molar-refractivity contribution in [3.63, 3.8) is 0 Å². The van der Waals surface area contributed by atoms with Crippen LogP contribution in [0.5, 0.6) is 5.75 Å². The fraction of sp³-hybridized carbons (Fsp3) is 0.667. The third kappa shape index (κ3) is 2.78. The van der Waals surface area contributed by atoms with Gasteiger partial charge in [-0.15, -0.1) is 0 Å². The summed E-state index contributed by atoms with van der Waals surface area (Å²) in [5.41, 5.74) is 0. The van der Waals surface area contributed by atoms with Crippen LogP contribution in [0.4, 0.5) is 11.6 Å². The monoisotopic (exact) mass is 236 g/mol. The molecule has 1 aromatic heterocycles. The van der Waals surface area contributed by atoms with Crippen LogP contribution in [-0.2, 0) is 0 Å². The highest BCUT2D eigenvalue weighted by Gasteiger charge is 2.18. The highest BCUT2D eigenvalue weighted by molar-refractivity contribution is 5.63. The van der Waals surface area contributed by atoms with Crippen molar-refractivity contribution in [2.75, 3.05) is 24.3 Å². The number of methoxy groups -OCH3 is 1. The summed E-state index contributed by atoms with van der Waals surface area (Å²) in [4.78, 5) is 8.46. The van der Waals surface area contributed by atoms with Crippen molar-refractivity contribution in [2.45, 2.75) is 38.6 Å². The lowest BCUT2D eigenvalue weighted by Crippen LogP contribution is -2.17. The Kier molecular flexibility index (Phi) is 4.01. The summed E-state index contributed by atoms with van der Waals surface area (Å²) < 4.78 is 5.39. The van der Waals surface area contributed by atoms with Gasteiger partial charge in [-0.1, -0.05) is 12.8 Å². The van der Waals surface area contributed by atoms with Gasteiger partial charge in [0.05, 0.1) is 7.11 Å². The van der Waals surface area contributed by atoms with E-state index in [2.05, 4.69) is 20.6 Å². The first-order chi connectivity index (χ1) is 8.35. The number of hydrogen-bond acceptors (Lipinski definition) is 5. The first kappa shape index (κ1) is 12.0. The van der Waals surface area contributed by atoms with Crippen LogP contribution >= 0.6 is 0 Å². The molecule has 0 radical (unpaired) electrons. The van der Waals surface area contributed by atoms with E-state index >= 15 is 0 Å². The smallest absolute Gasteiger partial charge is 0.204 e. The molecule has 5 nitrogen and oxygen atoms in total. The Hall–Kier alpha value is -1.52. The Morgan fingerprint density at radius 2 is 2.00 bits per heavy atom. The second-order valence-electron chi connectivity index (χ2n) is 4.26. The summed E-state index contributed by atoms with van der Waals surface area (Å²) >= 11 is 0. The minimum Gasteiger partial charge on any atom is -0.490 e. The minimum atomic E-state index is 0.522. The Morgan fingerprint density at radius 3 is 2.65 bits per heavy atom. The maximum Gasteiger partial charge on any atom is 0.204 e. The summed E-state index contributed by atoms with van der Waals surface area (Å²) in [6, 6.07) is 0.522. The van der Waals surface area contributed by atoms with Gasteiger partial charge < -0.3 is 15.4 Å². The first-order valence-corrected chi connectivity index (χ1v) is 6.24. The number of rotatable bonds is 5. The van der Waals surface area contributed by atoms with Gasteiger partial charge in [0.1, 0.15) is 6.33 Å². The van der Waals surface area contributed by atoms with Gasteiger partial charge in [0.15, 0.2) is 11.6 Å². The number of ether oxygens (including phenoxy) is 1. The van der Waals surface area contributed by atoms with Crippen LogP contribution in [0.25, 0.3) is 0 Å². The van der Waals surface area contributed by atoms with Gasteiger partial charge in [0, 0.05) is 12.6 Å². The van der Waals surface area contributed by atoms with Crippen LogP contribution in [0.3, 0.4) is 0 Å². The quantitative estimate of drug-likeness (QED) is 0.821. The van der Waals surface area contributed by atoms with Crippen molar-refractivity contribution < 1.29 is 4.74 Å². The zero-order chi connectivity index (χ0) is 12.1. The average molecular weight is 236 g/mol. The van der Waals surface area contributed by atoms with Crippen LogP contribution in [0, 0.1) is 0 Å². The molecule has 0 aromatic carbocycles.